The molecule has 0 bridgehead atoms. The predicted molar refractivity (Wildman–Crippen MR) is 86.8 cm³/mol. The Morgan fingerprint density at radius 2 is 1.90 bits per heavy atom. The van der Waals surface area contributed by atoms with Gasteiger partial charge in [0.15, 0.2) is 0 Å². The summed E-state index contributed by atoms with van der Waals surface area (Å²) in [6.07, 6.45) is 2.70. The highest BCUT2D eigenvalue weighted by Crippen LogP contribution is 2.32. The topological polar surface area (TPSA) is 44.5 Å². The van der Waals surface area contributed by atoms with Crippen LogP contribution in [0.1, 0.15) is 30.0 Å². The number of halogens is 1. The maximum absolute atomic E-state index is 6.37. The van der Waals surface area contributed by atoms with Gasteiger partial charge >= 0.3 is 0 Å². The predicted octanol–water partition coefficient (Wildman–Crippen LogP) is 4.05. The van der Waals surface area contributed by atoms with E-state index in [4.69, 9.17) is 15.2 Å². The van der Waals surface area contributed by atoms with Crippen LogP contribution in [0.4, 0.5) is 0 Å². The molecule has 0 amide bonds. The summed E-state index contributed by atoms with van der Waals surface area (Å²) >= 11 is 3.50. The molecule has 110 valence electrons. The van der Waals surface area contributed by atoms with Crippen LogP contribution in [-0.4, -0.2) is 13.2 Å². The van der Waals surface area contributed by atoms with Crippen molar-refractivity contribution >= 4 is 15.9 Å². The van der Waals surface area contributed by atoms with Crippen molar-refractivity contribution in [1.29, 1.82) is 0 Å². The number of hydrogen-bond acceptors (Lipinski definition) is 3. The first-order valence-electron chi connectivity index (χ1n) is 7.03. The maximum Gasteiger partial charge on any atom is 0.133 e. The molecule has 3 rings (SSSR count). The van der Waals surface area contributed by atoms with Gasteiger partial charge in [0.05, 0.1) is 23.7 Å². The van der Waals surface area contributed by atoms with Gasteiger partial charge in [0, 0.05) is 0 Å². The average Bonchev–Trinajstić information content (AvgIpc) is 3.30. The Morgan fingerprint density at radius 1 is 1.14 bits per heavy atom. The van der Waals surface area contributed by atoms with E-state index in [1.165, 1.54) is 0 Å². The summed E-state index contributed by atoms with van der Waals surface area (Å²) in [5.74, 6) is 1.70. The quantitative estimate of drug-likeness (QED) is 0.887. The third-order valence-electron chi connectivity index (χ3n) is 3.58. The summed E-state index contributed by atoms with van der Waals surface area (Å²) in [5, 5.41) is 0. The van der Waals surface area contributed by atoms with E-state index >= 15 is 0 Å². The van der Waals surface area contributed by atoms with Gasteiger partial charge in [-0.3, -0.25) is 0 Å². The van der Waals surface area contributed by atoms with Gasteiger partial charge in [-0.15, -0.1) is 0 Å². The molecule has 21 heavy (non-hydrogen) atoms. The van der Waals surface area contributed by atoms with Crippen LogP contribution in [0.5, 0.6) is 11.5 Å². The zero-order chi connectivity index (χ0) is 14.8. The number of hydrogen-bond donors (Lipinski definition) is 1. The van der Waals surface area contributed by atoms with Crippen molar-refractivity contribution in [3.05, 3.63) is 58.1 Å². The van der Waals surface area contributed by atoms with Gasteiger partial charge in [-0.1, -0.05) is 18.2 Å². The van der Waals surface area contributed by atoms with Gasteiger partial charge in [0.25, 0.3) is 0 Å². The van der Waals surface area contributed by atoms with Crippen molar-refractivity contribution in [3.63, 3.8) is 0 Å². The molecule has 4 heteroatoms. The highest BCUT2D eigenvalue weighted by atomic mass is 79.9. The summed E-state index contributed by atoms with van der Waals surface area (Å²) in [6, 6.07) is 13.8. The van der Waals surface area contributed by atoms with Crippen molar-refractivity contribution < 1.29 is 9.47 Å². The summed E-state index contributed by atoms with van der Waals surface area (Å²) in [7, 11) is 1.65. The zero-order valence-electron chi connectivity index (χ0n) is 11.9. The largest absolute Gasteiger partial charge is 0.496 e. The first-order chi connectivity index (χ1) is 10.2. The van der Waals surface area contributed by atoms with E-state index in [1.807, 2.05) is 42.5 Å². The third kappa shape index (κ3) is 3.39. The molecule has 0 saturated heterocycles. The number of ether oxygens (including phenoxy) is 2. The summed E-state index contributed by atoms with van der Waals surface area (Å²) in [5.41, 5.74) is 8.45. The Balaban J connectivity index is 1.83. The van der Waals surface area contributed by atoms with Crippen LogP contribution in [0.2, 0.25) is 0 Å². The Morgan fingerprint density at radius 3 is 2.57 bits per heavy atom. The number of methoxy groups -OCH3 is 1. The van der Waals surface area contributed by atoms with Crippen molar-refractivity contribution in [1.82, 2.24) is 0 Å². The standard InChI is InChI=1S/C17H18BrNO2/c1-20-16-8-5-12(10-15(16)18)17(19)11-3-2-4-14(9-11)21-13-6-7-13/h2-5,8-10,13,17H,6-7,19H2,1H3. The monoisotopic (exact) mass is 347 g/mol. The summed E-state index contributed by atoms with van der Waals surface area (Å²) in [6.45, 7) is 0. The molecule has 0 aromatic heterocycles. The molecule has 0 radical (unpaired) electrons. The van der Waals surface area contributed by atoms with Gasteiger partial charge in [0.2, 0.25) is 0 Å². The summed E-state index contributed by atoms with van der Waals surface area (Å²) in [4.78, 5) is 0. The Kier molecular flexibility index (Phi) is 4.17. The smallest absolute Gasteiger partial charge is 0.133 e. The second-order valence-electron chi connectivity index (χ2n) is 5.26. The minimum absolute atomic E-state index is 0.185. The molecule has 1 saturated carbocycles. The van der Waals surface area contributed by atoms with Gasteiger partial charge < -0.3 is 15.2 Å². The van der Waals surface area contributed by atoms with Crippen LogP contribution in [-0.2, 0) is 0 Å². The molecule has 0 heterocycles. The minimum Gasteiger partial charge on any atom is -0.496 e. The molecule has 0 aliphatic heterocycles. The average molecular weight is 348 g/mol. The maximum atomic E-state index is 6.37. The van der Waals surface area contributed by atoms with E-state index in [-0.39, 0.29) is 6.04 Å². The third-order valence-corrected chi connectivity index (χ3v) is 4.20. The fraction of sp³-hybridized carbons (Fsp3) is 0.294. The highest BCUT2D eigenvalue weighted by Gasteiger charge is 2.23. The Labute approximate surface area is 133 Å². The van der Waals surface area contributed by atoms with Crippen LogP contribution in [0.15, 0.2) is 46.9 Å². The summed E-state index contributed by atoms with van der Waals surface area (Å²) < 4.78 is 12.0. The number of benzene rings is 2. The fourth-order valence-electron chi connectivity index (χ4n) is 2.23. The highest BCUT2D eigenvalue weighted by molar-refractivity contribution is 9.10. The lowest BCUT2D eigenvalue weighted by molar-refractivity contribution is 0.303. The fourth-order valence-corrected chi connectivity index (χ4v) is 2.79. The van der Waals surface area contributed by atoms with E-state index in [9.17, 15) is 0 Å². The van der Waals surface area contributed by atoms with Crippen LogP contribution < -0.4 is 15.2 Å². The minimum atomic E-state index is -0.185. The first-order valence-corrected chi connectivity index (χ1v) is 7.82. The SMILES string of the molecule is COc1ccc(C(N)c2cccc(OC3CC3)c2)cc1Br. The molecule has 1 unspecified atom stereocenters. The second-order valence-corrected chi connectivity index (χ2v) is 6.12. The van der Waals surface area contributed by atoms with Gasteiger partial charge in [0.1, 0.15) is 11.5 Å². The van der Waals surface area contributed by atoms with Crippen molar-refractivity contribution in [2.75, 3.05) is 7.11 Å². The van der Waals surface area contributed by atoms with E-state index in [0.29, 0.717) is 6.10 Å². The first kappa shape index (κ1) is 14.4. The van der Waals surface area contributed by atoms with Crippen molar-refractivity contribution in [3.8, 4) is 11.5 Å². The van der Waals surface area contributed by atoms with Crippen molar-refractivity contribution in [2.45, 2.75) is 25.0 Å². The molecular weight excluding hydrogens is 330 g/mol. The van der Waals surface area contributed by atoms with Crippen LogP contribution in [0.25, 0.3) is 0 Å². The van der Waals surface area contributed by atoms with Crippen LogP contribution in [0, 0.1) is 0 Å². The van der Waals surface area contributed by atoms with E-state index in [2.05, 4.69) is 15.9 Å². The normalized spacial score (nSPS) is 15.6. The van der Waals surface area contributed by atoms with Gasteiger partial charge in [-0.05, 0) is 64.2 Å². The molecular formula is C17H18BrNO2. The molecule has 0 spiro atoms. The van der Waals surface area contributed by atoms with E-state index < -0.39 is 0 Å². The molecule has 1 aliphatic rings. The molecule has 2 N–H and O–H groups in total. The molecule has 2 aromatic carbocycles. The van der Waals surface area contributed by atoms with Crippen molar-refractivity contribution in [2.24, 2.45) is 5.73 Å². The second kappa shape index (κ2) is 6.08. The molecule has 1 fully saturated rings. The lowest BCUT2D eigenvalue weighted by Gasteiger charge is -2.15. The molecule has 2 aromatic rings. The number of nitrogens with two attached hydrogens (primary N) is 1. The van der Waals surface area contributed by atoms with E-state index in [1.54, 1.807) is 7.11 Å². The zero-order valence-corrected chi connectivity index (χ0v) is 13.5. The van der Waals surface area contributed by atoms with E-state index in [0.717, 1.165) is 39.9 Å². The molecule has 3 nitrogen and oxygen atoms in total. The molecule has 1 aliphatic carbocycles. The van der Waals surface area contributed by atoms with Crippen LogP contribution >= 0.6 is 15.9 Å². The Bertz CT molecular complexity index is 640. The van der Waals surface area contributed by atoms with Gasteiger partial charge in [-0.25, -0.2) is 0 Å². The lowest BCUT2D eigenvalue weighted by Crippen LogP contribution is -2.12. The molecule has 1 atom stereocenters. The van der Waals surface area contributed by atoms with Gasteiger partial charge in [-0.2, -0.15) is 0 Å². The van der Waals surface area contributed by atoms with Crippen LogP contribution in [0.3, 0.4) is 0 Å². The number of rotatable bonds is 5. The Hall–Kier alpha value is -1.52. The lowest BCUT2D eigenvalue weighted by atomic mass is 9.99.